The molecule has 0 radical (unpaired) electrons. The van der Waals surface area contributed by atoms with Crippen LogP contribution in [0.3, 0.4) is 0 Å². The lowest BCUT2D eigenvalue weighted by atomic mass is 9.86. The molecule has 3 heteroatoms. The SMILES string of the molecule is CCC(C)(N)C(C)COCC(C)N. The lowest BCUT2D eigenvalue weighted by Crippen LogP contribution is -2.44. The monoisotopic (exact) mass is 188 g/mol. The van der Waals surface area contributed by atoms with Crippen molar-refractivity contribution in [3.8, 4) is 0 Å². The number of hydrogen-bond acceptors (Lipinski definition) is 3. The molecule has 0 aliphatic rings. The zero-order valence-electron chi connectivity index (χ0n) is 9.34. The molecule has 0 aromatic carbocycles. The number of ether oxygens (including phenoxy) is 1. The van der Waals surface area contributed by atoms with Crippen LogP contribution in [-0.2, 0) is 4.74 Å². The Bertz CT molecular complexity index is 135. The van der Waals surface area contributed by atoms with E-state index in [1.54, 1.807) is 0 Å². The fraction of sp³-hybridized carbons (Fsp3) is 1.00. The van der Waals surface area contributed by atoms with E-state index in [2.05, 4.69) is 20.8 Å². The van der Waals surface area contributed by atoms with Crippen molar-refractivity contribution in [1.82, 2.24) is 0 Å². The molecule has 0 aromatic rings. The Labute approximate surface area is 81.8 Å². The average Bonchev–Trinajstić information content (AvgIpc) is 2.03. The van der Waals surface area contributed by atoms with Gasteiger partial charge in [-0.05, 0) is 26.2 Å². The first kappa shape index (κ1) is 12.9. The van der Waals surface area contributed by atoms with Crippen molar-refractivity contribution in [2.24, 2.45) is 17.4 Å². The molecule has 0 fully saturated rings. The van der Waals surface area contributed by atoms with E-state index in [1.807, 2.05) is 6.92 Å². The maximum atomic E-state index is 6.07. The largest absolute Gasteiger partial charge is 0.380 e. The lowest BCUT2D eigenvalue weighted by molar-refractivity contribution is 0.0710. The molecule has 4 N–H and O–H groups in total. The summed E-state index contributed by atoms with van der Waals surface area (Å²) >= 11 is 0. The van der Waals surface area contributed by atoms with Gasteiger partial charge in [-0.1, -0.05) is 13.8 Å². The number of rotatable bonds is 6. The second kappa shape index (κ2) is 5.58. The molecule has 0 amide bonds. The molecular weight excluding hydrogens is 164 g/mol. The summed E-state index contributed by atoms with van der Waals surface area (Å²) in [6.07, 6.45) is 0.968. The van der Waals surface area contributed by atoms with E-state index in [9.17, 15) is 0 Å². The van der Waals surface area contributed by atoms with Crippen molar-refractivity contribution in [2.45, 2.75) is 45.7 Å². The number of nitrogens with two attached hydrogens (primary N) is 2. The van der Waals surface area contributed by atoms with E-state index in [0.29, 0.717) is 19.1 Å². The summed E-state index contributed by atoms with van der Waals surface area (Å²) in [5.74, 6) is 0.372. The summed E-state index contributed by atoms with van der Waals surface area (Å²) in [6, 6.07) is 0.109. The van der Waals surface area contributed by atoms with Gasteiger partial charge in [-0.15, -0.1) is 0 Å². The third-order valence-electron chi connectivity index (χ3n) is 2.64. The Hall–Kier alpha value is -0.120. The molecule has 0 heterocycles. The van der Waals surface area contributed by atoms with Crippen LogP contribution in [0.5, 0.6) is 0 Å². The van der Waals surface area contributed by atoms with Gasteiger partial charge < -0.3 is 16.2 Å². The van der Waals surface area contributed by atoms with Gasteiger partial charge in [-0.25, -0.2) is 0 Å². The second-order valence-electron chi connectivity index (χ2n) is 4.28. The predicted octanol–water partition coefficient (Wildman–Crippen LogP) is 1.11. The molecular formula is C10H24N2O. The first-order valence-corrected chi connectivity index (χ1v) is 5.02. The molecule has 0 bridgehead atoms. The van der Waals surface area contributed by atoms with Gasteiger partial charge in [0.25, 0.3) is 0 Å². The molecule has 0 aliphatic heterocycles. The molecule has 3 atom stereocenters. The Morgan fingerprint density at radius 2 is 1.85 bits per heavy atom. The van der Waals surface area contributed by atoms with Crippen LogP contribution in [0.4, 0.5) is 0 Å². The van der Waals surface area contributed by atoms with E-state index in [0.717, 1.165) is 6.42 Å². The molecule has 0 saturated heterocycles. The van der Waals surface area contributed by atoms with Gasteiger partial charge in [0, 0.05) is 11.6 Å². The second-order valence-corrected chi connectivity index (χ2v) is 4.28. The summed E-state index contributed by atoms with van der Waals surface area (Å²) in [4.78, 5) is 0. The van der Waals surface area contributed by atoms with Crippen molar-refractivity contribution in [3.05, 3.63) is 0 Å². The fourth-order valence-electron chi connectivity index (χ4n) is 0.970. The Kier molecular flexibility index (Phi) is 5.53. The minimum Gasteiger partial charge on any atom is -0.380 e. The summed E-state index contributed by atoms with van der Waals surface area (Å²) in [5.41, 5.74) is 11.5. The van der Waals surface area contributed by atoms with E-state index in [4.69, 9.17) is 16.2 Å². The van der Waals surface area contributed by atoms with Gasteiger partial charge in [-0.2, -0.15) is 0 Å². The van der Waals surface area contributed by atoms with Gasteiger partial charge in [-0.3, -0.25) is 0 Å². The minimum absolute atomic E-state index is 0.109. The van der Waals surface area contributed by atoms with Crippen molar-refractivity contribution in [3.63, 3.8) is 0 Å². The zero-order chi connectivity index (χ0) is 10.5. The topological polar surface area (TPSA) is 61.3 Å². The van der Waals surface area contributed by atoms with Gasteiger partial charge in [0.05, 0.1) is 13.2 Å². The molecule has 80 valence electrons. The molecule has 3 unspecified atom stereocenters. The molecule has 0 rings (SSSR count). The van der Waals surface area contributed by atoms with Crippen LogP contribution in [0.15, 0.2) is 0 Å². The van der Waals surface area contributed by atoms with Crippen molar-refractivity contribution < 1.29 is 4.74 Å². The van der Waals surface area contributed by atoms with Gasteiger partial charge in [0.2, 0.25) is 0 Å². The first-order valence-electron chi connectivity index (χ1n) is 5.02. The third-order valence-corrected chi connectivity index (χ3v) is 2.64. The molecule has 0 saturated carbocycles. The lowest BCUT2D eigenvalue weighted by Gasteiger charge is -2.30. The van der Waals surface area contributed by atoms with Crippen LogP contribution in [-0.4, -0.2) is 24.8 Å². The zero-order valence-corrected chi connectivity index (χ0v) is 9.34. The minimum atomic E-state index is -0.127. The molecule has 3 nitrogen and oxygen atoms in total. The molecule has 0 aliphatic carbocycles. The number of hydrogen-bond donors (Lipinski definition) is 2. The van der Waals surface area contributed by atoms with Crippen LogP contribution in [0.1, 0.15) is 34.1 Å². The van der Waals surface area contributed by atoms with Crippen molar-refractivity contribution in [2.75, 3.05) is 13.2 Å². The van der Waals surface area contributed by atoms with Gasteiger partial charge in [0.1, 0.15) is 0 Å². The van der Waals surface area contributed by atoms with Crippen LogP contribution in [0, 0.1) is 5.92 Å². The Morgan fingerprint density at radius 1 is 1.31 bits per heavy atom. The maximum absolute atomic E-state index is 6.07. The Balaban J connectivity index is 3.68. The molecule has 0 spiro atoms. The first-order chi connectivity index (χ1) is 5.90. The third kappa shape index (κ3) is 5.24. The molecule has 0 aromatic heterocycles. The van der Waals surface area contributed by atoms with Crippen LogP contribution < -0.4 is 11.5 Å². The highest BCUT2D eigenvalue weighted by atomic mass is 16.5. The Morgan fingerprint density at radius 3 is 2.23 bits per heavy atom. The summed E-state index contributed by atoms with van der Waals surface area (Å²) in [5, 5.41) is 0. The summed E-state index contributed by atoms with van der Waals surface area (Å²) < 4.78 is 5.44. The van der Waals surface area contributed by atoms with E-state index < -0.39 is 0 Å². The maximum Gasteiger partial charge on any atom is 0.0614 e. The molecule has 13 heavy (non-hydrogen) atoms. The van der Waals surface area contributed by atoms with Crippen molar-refractivity contribution >= 4 is 0 Å². The average molecular weight is 188 g/mol. The standard InChI is InChI=1S/C10H24N2O/c1-5-10(4,12)8(2)6-13-7-9(3)11/h8-9H,5-7,11-12H2,1-4H3. The summed E-state index contributed by atoms with van der Waals surface area (Å²) in [6.45, 7) is 9.53. The quantitative estimate of drug-likeness (QED) is 0.656. The van der Waals surface area contributed by atoms with Gasteiger partial charge in [0.15, 0.2) is 0 Å². The van der Waals surface area contributed by atoms with Gasteiger partial charge >= 0.3 is 0 Å². The smallest absolute Gasteiger partial charge is 0.0614 e. The highest BCUT2D eigenvalue weighted by molar-refractivity contribution is 4.82. The highest BCUT2D eigenvalue weighted by Gasteiger charge is 2.24. The van der Waals surface area contributed by atoms with Crippen LogP contribution in [0.2, 0.25) is 0 Å². The van der Waals surface area contributed by atoms with Crippen molar-refractivity contribution in [1.29, 1.82) is 0 Å². The normalized spacial score (nSPS) is 20.8. The van der Waals surface area contributed by atoms with E-state index >= 15 is 0 Å². The van der Waals surface area contributed by atoms with E-state index in [-0.39, 0.29) is 11.6 Å². The predicted molar refractivity (Wildman–Crippen MR) is 56.5 cm³/mol. The highest BCUT2D eigenvalue weighted by Crippen LogP contribution is 2.17. The van der Waals surface area contributed by atoms with Crippen LogP contribution >= 0.6 is 0 Å². The fourth-order valence-corrected chi connectivity index (χ4v) is 0.970. The van der Waals surface area contributed by atoms with E-state index in [1.165, 1.54) is 0 Å². The summed E-state index contributed by atoms with van der Waals surface area (Å²) in [7, 11) is 0. The van der Waals surface area contributed by atoms with Crippen LogP contribution in [0.25, 0.3) is 0 Å².